The van der Waals surface area contributed by atoms with Gasteiger partial charge >= 0.3 is 6.18 Å². The zero-order valence-electron chi connectivity index (χ0n) is 18.0. The molecular weight excluding hydrogens is 407 g/mol. The first kappa shape index (κ1) is 23.0. The number of nitrogens with one attached hydrogen (secondary N) is 1. The third-order valence-electron chi connectivity index (χ3n) is 5.36. The Hall–Kier alpha value is -2.68. The maximum Gasteiger partial charge on any atom is 0.418 e. The van der Waals surface area contributed by atoms with E-state index in [1.807, 2.05) is 11.8 Å². The molecule has 3 rings (SSSR count). The van der Waals surface area contributed by atoms with Gasteiger partial charge in [0.2, 0.25) is 5.78 Å². The van der Waals surface area contributed by atoms with Crippen molar-refractivity contribution < 1.29 is 18.0 Å². The molecule has 0 aliphatic carbocycles. The van der Waals surface area contributed by atoms with Crippen LogP contribution in [0.3, 0.4) is 0 Å². The second-order valence-electron chi connectivity index (χ2n) is 8.25. The zero-order valence-corrected chi connectivity index (χ0v) is 18.0. The third-order valence-corrected chi connectivity index (χ3v) is 5.36. The standard InChI is InChI=1S/C22H28F3N5O/c1-4-14-10-16(21(26)28-11-14)20(31)19-17(22(23,24)25)5-6-18(29-19)30-8-7-27-15(12-30)9-13(2)3/h5-6,10-11,13,15,27H,4,7-9,12H2,1-3H3,(H2,26,28)/t15-/m0/s1. The molecule has 0 bridgehead atoms. The van der Waals surface area contributed by atoms with E-state index in [2.05, 4.69) is 29.1 Å². The van der Waals surface area contributed by atoms with Crippen molar-refractivity contribution >= 4 is 17.4 Å². The van der Waals surface area contributed by atoms with Gasteiger partial charge in [0.1, 0.15) is 17.3 Å². The number of nitrogens with two attached hydrogens (primary N) is 1. The Morgan fingerprint density at radius 3 is 2.74 bits per heavy atom. The van der Waals surface area contributed by atoms with Gasteiger partial charge in [0.05, 0.1) is 11.1 Å². The fourth-order valence-corrected chi connectivity index (χ4v) is 3.81. The second kappa shape index (κ2) is 9.21. The summed E-state index contributed by atoms with van der Waals surface area (Å²) in [6.45, 7) is 8.00. The van der Waals surface area contributed by atoms with Gasteiger partial charge in [-0.3, -0.25) is 4.79 Å². The number of carbonyl (C=O) groups excluding carboxylic acids is 1. The first-order valence-electron chi connectivity index (χ1n) is 10.5. The lowest BCUT2D eigenvalue weighted by molar-refractivity contribution is -0.138. The van der Waals surface area contributed by atoms with Crippen LogP contribution in [0.5, 0.6) is 0 Å². The van der Waals surface area contributed by atoms with Gasteiger partial charge in [0.25, 0.3) is 0 Å². The lowest BCUT2D eigenvalue weighted by Gasteiger charge is -2.35. The van der Waals surface area contributed by atoms with Crippen molar-refractivity contribution in [3.05, 3.63) is 46.8 Å². The summed E-state index contributed by atoms with van der Waals surface area (Å²) in [5, 5.41) is 3.43. The van der Waals surface area contributed by atoms with E-state index in [1.165, 1.54) is 18.3 Å². The number of alkyl halides is 3. The van der Waals surface area contributed by atoms with Crippen molar-refractivity contribution in [2.45, 2.75) is 45.8 Å². The number of nitrogen functional groups attached to an aromatic ring is 1. The van der Waals surface area contributed by atoms with Crippen molar-refractivity contribution in [2.75, 3.05) is 30.3 Å². The fraction of sp³-hybridized carbons (Fsp3) is 0.500. The number of carbonyl (C=O) groups is 1. The number of aromatic nitrogens is 2. The van der Waals surface area contributed by atoms with Gasteiger partial charge in [0.15, 0.2) is 0 Å². The highest BCUT2D eigenvalue weighted by atomic mass is 19.4. The summed E-state index contributed by atoms with van der Waals surface area (Å²) in [4.78, 5) is 23.2. The normalized spacial score (nSPS) is 17.3. The van der Waals surface area contributed by atoms with Crippen LogP contribution in [0, 0.1) is 5.92 Å². The summed E-state index contributed by atoms with van der Waals surface area (Å²) in [5.41, 5.74) is 4.75. The van der Waals surface area contributed by atoms with E-state index >= 15 is 0 Å². The van der Waals surface area contributed by atoms with Gasteiger partial charge < -0.3 is 16.0 Å². The van der Waals surface area contributed by atoms with Crippen molar-refractivity contribution in [3.63, 3.8) is 0 Å². The third kappa shape index (κ3) is 5.33. The van der Waals surface area contributed by atoms with Crippen molar-refractivity contribution in [1.29, 1.82) is 0 Å². The molecule has 0 saturated carbocycles. The maximum absolute atomic E-state index is 13.7. The van der Waals surface area contributed by atoms with Gasteiger partial charge in [-0.1, -0.05) is 20.8 Å². The van der Waals surface area contributed by atoms with Crippen LogP contribution in [0.2, 0.25) is 0 Å². The molecule has 1 fully saturated rings. The fourth-order valence-electron chi connectivity index (χ4n) is 3.81. The predicted molar refractivity (Wildman–Crippen MR) is 114 cm³/mol. The molecular formula is C22H28F3N5O. The number of hydrogen-bond donors (Lipinski definition) is 2. The number of ketones is 1. The van der Waals surface area contributed by atoms with Gasteiger partial charge in [-0.2, -0.15) is 13.2 Å². The molecule has 1 aliphatic heterocycles. The summed E-state index contributed by atoms with van der Waals surface area (Å²) >= 11 is 0. The molecule has 0 amide bonds. The number of hydrogen-bond acceptors (Lipinski definition) is 6. The number of aryl methyl sites for hydroxylation is 1. The molecule has 0 aromatic carbocycles. The first-order valence-corrected chi connectivity index (χ1v) is 10.5. The SMILES string of the molecule is CCc1cnc(N)c(C(=O)c2nc(N3CCN[C@@H](CC(C)C)C3)ccc2C(F)(F)F)c1. The average Bonchev–Trinajstić information content (AvgIpc) is 2.72. The van der Waals surface area contributed by atoms with Crippen LogP contribution in [0.1, 0.15) is 54.4 Å². The number of halogens is 3. The number of anilines is 2. The highest BCUT2D eigenvalue weighted by molar-refractivity contribution is 6.11. The van der Waals surface area contributed by atoms with E-state index < -0.39 is 23.2 Å². The molecule has 168 valence electrons. The smallest absolute Gasteiger partial charge is 0.383 e. The molecule has 1 saturated heterocycles. The van der Waals surface area contributed by atoms with E-state index in [0.29, 0.717) is 43.4 Å². The van der Waals surface area contributed by atoms with E-state index in [0.717, 1.165) is 12.5 Å². The van der Waals surface area contributed by atoms with Crippen LogP contribution in [-0.2, 0) is 12.6 Å². The Morgan fingerprint density at radius 2 is 2.10 bits per heavy atom. The summed E-state index contributed by atoms with van der Waals surface area (Å²) in [5.74, 6) is -0.147. The van der Waals surface area contributed by atoms with Crippen LogP contribution < -0.4 is 16.0 Å². The zero-order chi connectivity index (χ0) is 22.8. The van der Waals surface area contributed by atoms with Crippen LogP contribution in [0.15, 0.2) is 24.4 Å². The molecule has 0 spiro atoms. The Balaban J connectivity index is 2.01. The van der Waals surface area contributed by atoms with Crippen LogP contribution >= 0.6 is 0 Å². The minimum absolute atomic E-state index is 0.0625. The van der Waals surface area contributed by atoms with Gasteiger partial charge in [0, 0.05) is 31.9 Å². The molecule has 6 nitrogen and oxygen atoms in total. The monoisotopic (exact) mass is 435 g/mol. The summed E-state index contributed by atoms with van der Waals surface area (Å²) in [6, 6.07) is 3.96. The molecule has 1 atom stereocenters. The Morgan fingerprint density at radius 1 is 1.35 bits per heavy atom. The van der Waals surface area contributed by atoms with Crippen molar-refractivity contribution in [2.24, 2.45) is 5.92 Å². The minimum Gasteiger partial charge on any atom is -0.383 e. The molecule has 0 unspecified atom stereocenters. The molecule has 1 aliphatic rings. The van der Waals surface area contributed by atoms with E-state index in [-0.39, 0.29) is 17.4 Å². The van der Waals surface area contributed by atoms with Crippen LogP contribution in [-0.4, -0.2) is 41.4 Å². The average molecular weight is 435 g/mol. The van der Waals surface area contributed by atoms with E-state index in [9.17, 15) is 18.0 Å². The summed E-state index contributed by atoms with van der Waals surface area (Å²) in [6.07, 6.45) is -1.69. The largest absolute Gasteiger partial charge is 0.418 e. The van der Waals surface area contributed by atoms with E-state index in [4.69, 9.17) is 5.73 Å². The molecule has 9 heteroatoms. The molecule has 3 heterocycles. The predicted octanol–water partition coefficient (Wildman–Crippen LogP) is 3.70. The maximum atomic E-state index is 13.7. The summed E-state index contributed by atoms with van der Waals surface area (Å²) in [7, 11) is 0. The lowest BCUT2D eigenvalue weighted by Crippen LogP contribution is -2.51. The molecule has 31 heavy (non-hydrogen) atoms. The molecule has 0 radical (unpaired) electrons. The van der Waals surface area contributed by atoms with Crippen molar-refractivity contribution in [1.82, 2.24) is 15.3 Å². The number of nitrogens with zero attached hydrogens (tertiary/aromatic N) is 3. The van der Waals surface area contributed by atoms with Crippen molar-refractivity contribution in [3.8, 4) is 0 Å². The second-order valence-corrected chi connectivity index (χ2v) is 8.25. The minimum atomic E-state index is -4.72. The van der Waals surface area contributed by atoms with Crippen LogP contribution in [0.4, 0.5) is 24.8 Å². The number of rotatable bonds is 6. The quantitative estimate of drug-likeness (QED) is 0.674. The molecule has 2 aromatic heterocycles. The Kier molecular flexibility index (Phi) is 6.83. The van der Waals surface area contributed by atoms with Gasteiger partial charge in [-0.05, 0) is 42.5 Å². The molecule has 3 N–H and O–H groups in total. The highest BCUT2D eigenvalue weighted by Gasteiger charge is 2.37. The Labute approximate surface area is 180 Å². The summed E-state index contributed by atoms with van der Waals surface area (Å²) < 4.78 is 41.1. The van der Waals surface area contributed by atoms with E-state index in [1.54, 1.807) is 0 Å². The molecule has 2 aromatic rings. The number of piperazine rings is 1. The van der Waals surface area contributed by atoms with Gasteiger partial charge in [-0.15, -0.1) is 0 Å². The topological polar surface area (TPSA) is 84.1 Å². The van der Waals surface area contributed by atoms with Gasteiger partial charge in [-0.25, -0.2) is 9.97 Å². The first-order chi connectivity index (χ1) is 14.6. The highest BCUT2D eigenvalue weighted by Crippen LogP contribution is 2.34. The Bertz CT molecular complexity index is 945. The van der Waals surface area contributed by atoms with Crippen LogP contribution in [0.25, 0.3) is 0 Å². The number of pyridine rings is 2. The lowest BCUT2D eigenvalue weighted by atomic mass is 10.0.